The van der Waals surface area contributed by atoms with Crippen LogP contribution >= 0.6 is 0 Å². The van der Waals surface area contributed by atoms with Gasteiger partial charge in [-0.1, -0.05) is 20.8 Å². The van der Waals surface area contributed by atoms with Gasteiger partial charge in [-0.25, -0.2) is 14.5 Å². The normalized spacial score (nSPS) is 14.3. The Bertz CT molecular complexity index is 985. The van der Waals surface area contributed by atoms with E-state index < -0.39 is 0 Å². The van der Waals surface area contributed by atoms with E-state index in [2.05, 4.69) is 46.5 Å². The zero-order valence-electron chi connectivity index (χ0n) is 15.2. The lowest BCUT2D eigenvalue weighted by molar-refractivity contribution is 0.102. The van der Waals surface area contributed by atoms with Crippen molar-refractivity contribution in [2.75, 3.05) is 11.9 Å². The molecule has 2 N–H and O–H groups in total. The minimum Gasteiger partial charge on any atom is -0.312 e. The van der Waals surface area contributed by atoms with Crippen molar-refractivity contribution in [3.63, 3.8) is 0 Å². The summed E-state index contributed by atoms with van der Waals surface area (Å²) in [5, 5.41) is 10.7. The summed E-state index contributed by atoms with van der Waals surface area (Å²) >= 11 is 0. The zero-order valence-corrected chi connectivity index (χ0v) is 15.2. The maximum absolute atomic E-state index is 12.9. The van der Waals surface area contributed by atoms with Crippen molar-refractivity contribution in [2.45, 2.75) is 39.2 Å². The molecule has 1 aliphatic heterocycles. The van der Waals surface area contributed by atoms with Crippen LogP contribution in [0, 0.1) is 0 Å². The molecule has 26 heavy (non-hydrogen) atoms. The number of nitrogens with zero attached hydrogens (tertiary/aromatic N) is 4. The van der Waals surface area contributed by atoms with Gasteiger partial charge in [0.25, 0.3) is 5.91 Å². The van der Waals surface area contributed by atoms with Crippen LogP contribution < -0.4 is 10.6 Å². The molecule has 0 aromatic carbocycles. The molecule has 0 atom stereocenters. The summed E-state index contributed by atoms with van der Waals surface area (Å²) in [5.41, 5.74) is 4.17. The van der Waals surface area contributed by atoms with E-state index in [4.69, 9.17) is 0 Å². The predicted octanol–water partition coefficient (Wildman–Crippen LogP) is 2.32. The number of aromatic nitrogens is 4. The highest BCUT2D eigenvalue weighted by Crippen LogP contribution is 2.24. The number of carbonyl (C=O) groups excluding carboxylic acids is 1. The Morgan fingerprint density at radius 1 is 1.23 bits per heavy atom. The highest BCUT2D eigenvalue weighted by Gasteiger charge is 2.23. The van der Waals surface area contributed by atoms with Crippen molar-refractivity contribution in [1.82, 2.24) is 24.9 Å². The first-order chi connectivity index (χ1) is 12.4. The molecule has 134 valence electrons. The third-order valence-corrected chi connectivity index (χ3v) is 4.67. The molecule has 3 aromatic rings. The van der Waals surface area contributed by atoms with E-state index in [1.807, 2.05) is 12.1 Å². The highest BCUT2D eigenvalue weighted by molar-refractivity contribution is 6.08. The van der Waals surface area contributed by atoms with E-state index in [9.17, 15) is 4.79 Å². The molecular weight excluding hydrogens is 328 g/mol. The average molecular weight is 350 g/mol. The molecule has 3 aromatic heterocycles. The molecule has 0 saturated carbocycles. The maximum atomic E-state index is 12.9. The number of amides is 1. The molecule has 7 heteroatoms. The number of hydrogen-bond donors (Lipinski definition) is 2. The first-order valence-electron chi connectivity index (χ1n) is 8.77. The number of rotatable bonds is 2. The molecule has 0 spiro atoms. The van der Waals surface area contributed by atoms with Crippen LogP contribution in [0.4, 0.5) is 5.82 Å². The summed E-state index contributed by atoms with van der Waals surface area (Å²) in [5.74, 6) is 0.357. The average Bonchev–Trinajstić information content (AvgIpc) is 3.05. The molecule has 0 aliphatic carbocycles. The van der Waals surface area contributed by atoms with Crippen molar-refractivity contribution in [3.8, 4) is 0 Å². The molecule has 1 amide bonds. The van der Waals surface area contributed by atoms with Gasteiger partial charge in [0.05, 0.1) is 11.9 Å². The standard InChI is InChI=1S/C19H22N6O/c1-19(2,3)15-6-9-22-17-14(11-23-25(15)17)18(26)24-16-13-10-20-7-4-12(13)5-8-21-16/h5-6,8-9,11,20H,4,7,10H2,1-3H3,(H,21,24,26). The van der Waals surface area contributed by atoms with Gasteiger partial charge in [-0.3, -0.25) is 4.79 Å². The first-order valence-corrected chi connectivity index (χ1v) is 8.77. The van der Waals surface area contributed by atoms with Gasteiger partial charge in [-0.15, -0.1) is 0 Å². The fraction of sp³-hybridized carbons (Fsp3) is 0.368. The molecule has 0 unspecified atom stereocenters. The second-order valence-corrected chi connectivity index (χ2v) is 7.55. The Balaban J connectivity index is 1.70. The van der Waals surface area contributed by atoms with E-state index in [0.29, 0.717) is 23.6 Å². The first kappa shape index (κ1) is 16.7. The summed E-state index contributed by atoms with van der Waals surface area (Å²) in [4.78, 5) is 21.6. The third kappa shape index (κ3) is 2.84. The van der Waals surface area contributed by atoms with Gasteiger partial charge in [0.1, 0.15) is 11.4 Å². The lowest BCUT2D eigenvalue weighted by atomic mass is 9.92. The number of anilines is 1. The van der Waals surface area contributed by atoms with Crippen LogP contribution in [0.15, 0.2) is 30.7 Å². The monoisotopic (exact) mass is 350 g/mol. The molecule has 1 aliphatic rings. The van der Waals surface area contributed by atoms with Crippen molar-refractivity contribution in [3.05, 3.63) is 53.1 Å². The van der Waals surface area contributed by atoms with Gasteiger partial charge in [-0.05, 0) is 30.7 Å². The highest BCUT2D eigenvalue weighted by atomic mass is 16.1. The third-order valence-electron chi connectivity index (χ3n) is 4.67. The van der Waals surface area contributed by atoms with Gasteiger partial charge in [0, 0.05) is 29.9 Å². The molecule has 0 saturated heterocycles. The summed E-state index contributed by atoms with van der Waals surface area (Å²) in [7, 11) is 0. The number of pyridine rings is 1. The van der Waals surface area contributed by atoms with Crippen molar-refractivity contribution in [1.29, 1.82) is 0 Å². The number of carbonyl (C=O) groups is 1. The predicted molar refractivity (Wildman–Crippen MR) is 99.3 cm³/mol. The summed E-state index contributed by atoms with van der Waals surface area (Å²) < 4.78 is 1.74. The minimum atomic E-state index is -0.245. The SMILES string of the molecule is CC(C)(C)c1ccnc2c(C(=O)Nc3nccc4c3CNCC4)cnn12. The largest absolute Gasteiger partial charge is 0.312 e. The van der Waals surface area contributed by atoms with Gasteiger partial charge in [-0.2, -0.15) is 5.10 Å². The Labute approximate surface area is 151 Å². The molecule has 7 nitrogen and oxygen atoms in total. The molecular formula is C19H22N6O. The second-order valence-electron chi connectivity index (χ2n) is 7.55. The number of fused-ring (bicyclic) bond motifs is 2. The van der Waals surface area contributed by atoms with Crippen LogP contribution in [-0.2, 0) is 18.4 Å². The van der Waals surface area contributed by atoms with Crippen molar-refractivity contribution >= 4 is 17.4 Å². The number of hydrogen-bond acceptors (Lipinski definition) is 5. The fourth-order valence-electron chi connectivity index (χ4n) is 3.30. The van der Waals surface area contributed by atoms with Crippen LogP contribution in [-0.4, -0.2) is 32.0 Å². The quantitative estimate of drug-likeness (QED) is 0.741. The van der Waals surface area contributed by atoms with Crippen LogP contribution in [0.2, 0.25) is 0 Å². The molecule has 4 rings (SSSR count). The summed E-state index contributed by atoms with van der Waals surface area (Å²) in [6.07, 6.45) is 5.97. The summed E-state index contributed by atoms with van der Waals surface area (Å²) in [6, 6.07) is 3.95. The van der Waals surface area contributed by atoms with Crippen molar-refractivity contribution in [2.24, 2.45) is 0 Å². The topological polar surface area (TPSA) is 84.2 Å². The van der Waals surface area contributed by atoms with E-state index >= 15 is 0 Å². The van der Waals surface area contributed by atoms with Gasteiger partial charge >= 0.3 is 0 Å². The minimum absolute atomic E-state index is 0.104. The second kappa shape index (κ2) is 6.17. The van der Waals surface area contributed by atoms with E-state index in [0.717, 1.165) is 24.2 Å². The van der Waals surface area contributed by atoms with Gasteiger partial charge in [0.15, 0.2) is 5.65 Å². The summed E-state index contributed by atoms with van der Waals surface area (Å²) in [6.45, 7) is 7.97. The molecule has 0 bridgehead atoms. The van der Waals surface area contributed by atoms with E-state index in [1.165, 1.54) is 5.56 Å². The van der Waals surface area contributed by atoms with Crippen LogP contribution in [0.1, 0.15) is 48.0 Å². The van der Waals surface area contributed by atoms with Crippen LogP contribution in [0.3, 0.4) is 0 Å². The molecule has 0 radical (unpaired) electrons. The van der Waals surface area contributed by atoms with E-state index in [1.54, 1.807) is 23.1 Å². The molecule has 4 heterocycles. The fourth-order valence-corrected chi connectivity index (χ4v) is 3.30. The maximum Gasteiger partial charge on any atom is 0.262 e. The Morgan fingerprint density at radius 3 is 2.85 bits per heavy atom. The van der Waals surface area contributed by atoms with Crippen LogP contribution in [0.25, 0.3) is 5.65 Å². The lowest BCUT2D eigenvalue weighted by Crippen LogP contribution is -2.26. The Hall–Kier alpha value is -2.80. The Morgan fingerprint density at radius 2 is 2.04 bits per heavy atom. The smallest absolute Gasteiger partial charge is 0.262 e. The van der Waals surface area contributed by atoms with E-state index in [-0.39, 0.29) is 11.3 Å². The lowest BCUT2D eigenvalue weighted by Gasteiger charge is -2.20. The zero-order chi connectivity index (χ0) is 18.3. The van der Waals surface area contributed by atoms with Gasteiger partial charge in [0.2, 0.25) is 0 Å². The Kier molecular flexibility index (Phi) is 3.96. The van der Waals surface area contributed by atoms with Gasteiger partial charge < -0.3 is 10.6 Å². The van der Waals surface area contributed by atoms with Crippen molar-refractivity contribution < 1.29 is 4.79 Å². The molecule has 0 fully saturated rings. The number of nitrogens with one attached hydrogen (secondary N) is 2. The van der Waals surface area contributed by atoms with Crippen LogP contribution in [0.5, 0.6) is 0 Å².